The van der Waals surface area contributed by atoms with Gasteiger partial charge in [0.25, 0.3) is 0 Å². The number of nitrogens with zero attached hydrogens (tertiary/aromatic N) is 2. The second kappa shape index (κ2) is 5.53. The van der Waals surface area contributed by atoms with Crippen LogP contribution in [0.15, 0.2) is 18.3 Å². The summed E-state index contributed by atoms with van der Waals surface area (Å²) in [6, 6.07) is 4.06. The summed E-state index contributed by atoms with van der Waals surface area (Å²) in [6.45, 7) is 0. The highest BCUT2D eigenvalue weighted by Crippen LogP contribution is 2.45. The Bertz CT molecular complexity index is 734. The topological polar surface area (TPSA) is 76.5 Å². The maximum atomic E-state index is 9.87. The Kier molecular flexibility index (Phi) is 3.49. The fraction of sp³-hybridized carbons (Fsp3) is 0.529. The van der Waals surface area contributed by atoms with Crippen molar-refractivity contribution in [2.75, 3.05) is 19.5 Å². The molecule has 4 atom stereocenters. The molecular weight excluding hydrogens is 294 g/mol. The molecule has 2 saturated carbocycles. The van der Waals surface area contributed by atoms with Crippen molar-refractivity contribution >= 4 is 16.9 Å². The number of rotatable bonds is 4. The number of fused-ring (bicyclic) bond motifs is 3. The van der Waals surface area contributed by atoms with Crippen LogP contribution in [0.5, 0.6) is 11.5 Å². The minimum atomic E-state index is -0.113. The van der Waals surface area contributed by atoms with Gasteiger partial charge in [-0.2, -0.15) is 0 Å². The minimum absolute atomic E-state index is 0.113. The van der Waals surface area contributed by atoms with Crippen molar-refractivity contribution in [3.63, 3.8) is 0 Å². The van der Waals surface area contributed by atoms with Gasteiger partial charge in [0.1, 0.15) is 5.82 Å². The van der Waals surface area contributed by atoms with E-state index in [0.29, 0.717) is 29.4 Å². The molecule has 122 valence electrons. The number of anilines is 1. The van der Waals surface area contributed by atoms with E-state index in [4.69, 9.17) is 9.47 Å². The lowest BCUT2D eigenvalue weighted by molar-refractivity contribution is 0.110. The molecule has 2 aliphatic rings. The third-order valence-electron chi connectivity index (χ3n) is 5.20. The van der Waals surface area contributed by atoms with Crippen LogP contribution in [-0.2, 0) is 0 Å². The first-order chi connectivity index (χ1) is 11.2. The van der Waals surface area contributed by atoms with Crippen LogP contribution in [0.4, 0.5) is 5.82 Å². The molecule has 1 aromatic carbocycles. The van der Waals surface area contributed by atoms with Crippen LogP contribution in [-0.4, -0.2) is 41.4 Å². The van der Waals surface area contributed by atoms with E-state index in [1.807, 2.05) is 12.1 Å². The highest BCUT2D eigenvalue weighted by atomic mass is 16.5. The third-order valence-corrected chi connectivity index (χ3v) is 5.20. The van der Waals surface area contributed by atoms with E-state index in [2.05, 4.69) is 15.3 Å². The van der Waals surface area contributed by atoms with Crippen LogP contribution >= 0.6 is 0 Å². The monoisotopic (exact) mass is 315 g/mol. The number of methoxy groups -OCH3 is 2. The second-order valence-corrected chi connectivity index (χ2v) is 6.50. The van der Waals surface area contributed by atoms with Gasteiger partial charge in [0.05, 0.1) is 37.6 Å². The first-order valence-electron chi connectivity index (χ1n) is 8.01. The molecule has 2 aromatic rings. The molecule has 4 rings (SSSR count). The summed E-state index contributed by atoms with van der Waals surface area (Å²) in [6.07, 6.45) is 4.67. The zero-order valence-corrected chi connectivity index (χ0v) is 13.3. The number of benzene rings is 1. The summed E-state index contributed by atoms with van der Waals surface area (Å²) in [5, 5.41) is 13.4. The zero-order chi connectivity index (χ0) is 16.0. The Morgan fingerprint density at radius 3 is 2.39 bits per heavy atom. The lowest BCUT2D eigenvalue weighted by Crippen LogP contribution is -2.31. The number of aliphatic hydroxyl groups is 1. The molecule has 1 heterocycles. The number of aliphatic hydroxyl groups excluding tert-OH is 1. The van der Waals surface area contributed by atoms with Gasteiger partial charge in [-0.1, -0.05) is 0 Å². The summed E-state index contributed by atoms with van der Waals surface area (Å²) < 4.78 is 10.6. The van der Waals surface area contributed by atoms with E-state index in [1.165, 1.54) is 0 Å². The predicted octanol–water partition coefficient (Wildman–Crippen LogP) is 2.22. The van der Waals surface area contributed by atoms with Crippen LogP contribution < -0.4 is 14.8 Å². The molecule has 2 N–H and O–H groups in total. The molecule has 2 bridgehead atoms. The summed E-state index contributed by atoms with van der Waals surface area (Å²) in [7, 11) is 3.22. The Balaban J connectivity index is 1.59. The van der Waals surface area contributed by atoms with Gasteiger partial charge in [0, 0.05) is 18.2 Å². The number of hydrogen-bond acceptors (Lipinski definition) is 6. The van der Waals surface area contributed by atoms with Gasteiger partial charge < -0.3 is 19.9 Å². The van der Waals surface area contributed by atoms with E-state index in [1.54, 1.807) is 20.4 Å². The average Bonchev–Trinajstić information content (AvgIpc) is 3.12. The van der Waals surface area contributed by atoms with Crippen molar-refractivity contribution in [3.05, 3.63) is 18.3 Å². The molecule has 2 aliphatic carbocycles. The highest BCUT2D eigenvalue weighted by Gasteiger charge is 2.45. The number of nitrogens with one attached hydrogen (secondary N) is 1. The van der Waals surface area contributed by atoms with Crippen molar-refractivity contribution in [1.82, 2.24) is 9.97 Å². The maximum Gasteiger partial charge on any atom is 0.163 e. The smallest absolute Gasteiger partial charge is 0.163 e. The lowest BCUT2D eigenvalue weighted by Gasteiger charge is -2.26. The molecule has 1 aromatic heterocycles. The first kappa shape index (κ1) is 14.5. The van der Waals surface area contributed by atoms with Gasteiger partial charge in [-0.15, -0.1) is 0 Å². The molecule has 6 nitrogen and oxygen atoms in total. The molecule has 6 heteroatoms. The van der Waals surface area contributed by atoms with Crippen LogP contribution in [0.1, 0.15) is 19.3 Å². The molecule has 0 amide bonds. The van der Waals surface area contributed by atoms with Crippen LogP contribution in [0.25, 0.3) is 11.0 Å². The molecule has 0 radical (unpaired) electrons. The summed E-state index contributed by atoms with van der Waals surface area (Å²) >= 11 is 0. The van der Waals surface area contributed by atoms with Gasteiger partial charge in [-0.25, -0.2) is 4.98 Å². The summed E-state index contributed by atoms with van der Waals surface area (Å²) in [5.74, 6) is 3.05. The summed E-state index contributed by atoms with van der Waals surface area (Å²) in [4.78, 5) is 9.13. The van der Waals surface area contributed by atoms with Crippen molar-refractivity contribution in [2.45, 2.75) is 31.4 Å². The number of aromatic nitrogens is 2. The second-order valence-electron chi connectivity index (χ2n) is 6.50. The van der Waals surface area contributed by atoms with Crippen molar-refractivity contribution < 1.29 is 14.6 Å². The highest BCUT2D eigenvalue weighted by molar-refractivity contribution is 5.80. The van der Waals surface area contributed by atoms with Gasteiger partial charge in [0.2, 0.25) is 0 Å². The maximum absolute atomic E-state index is 9.87. The minimum Gasteiger partial charge on any atom is -0.493 e. The van der Waals surface area contributed by atoms with Crippen molar-refractivity contribution in [2.24, 2.45) is 11.8 Å². The molecule has 1 unspecified atom stereocenters. The van der Waals surface area contributed by atoms with E-state index < -0.39 is 0 Å². The lowest BCUT2D eigenvalue weighted by atomic mass is 9.93. The molecule has 0 saturated heterocycles. The van der Waals surface area contributed by atoms with Gasteiger partial charge in [-0.3, -0.25) is 4.98 Å². The van der Waals surface area contributed by atoms with E-state index in [9.17, 15) is 5.11 Å². The van der Waals surface area contributed by atoms with Crippen molar-refractivity contribution in [3.8, 4) is 11.5 Å². The third kappa shape index (κ3) is 2.47. The van der Waals surface area contributed by atoms with Gasteiger partial charge >= 0.3 is 0 Å². The number of ether oxygens (including phenoxy) is 2. The Hall–Kier alpha value is -2.08. The first-order valence-corrected chi connectivity index (χ1v) is 8.01. The molecule has 0 spiro atoms. The van der Waals surface area contributed by atoms with E-state index >= 15 is 0 Å². The largest absolute Gasteiger partial charge is 0.493 e. The Morgan fingerprint density at radius 1 is 1.04 bits per heavy atom. The Morgan fingerprint density at radius 2 is 1.78 bits per heavy atom. The molecule has 0 aliphatic heterocycles. The SMILES string of the molecule is COc1cc2ncc(N[C@@H]3C[C@@H]4CC3C[C@H]4O)nc2cc1OC. The van der Waals surface area contributed by atoms with Gasteiger partial charge in [-0.05, 0) is 31.1 Å². The quantitative estimate of drug-likeness (QED) is 0.901. The van der Waals surface area contributed by atoms with Crippen LogP contribution in [0.3, 0.4) is 0 Å². The summed E-state index contributed by atoms with van der Waals surface area (Å²) in [5.41, 5.74) is 1.55. The van der Waals surface area contributed by atoms with E-state index in [-0.39, 0.29) is 6.10 Å². The van der Waals surface area contributed by atoms with Crippen LogP contribution in [0, 0.1) is 11.8 Å². The number of hydrogen-bond donors (Lipinski definition) is 2. The zero-order valence-electron chi connectivity index (χ0n) is 13.3. The van der Waals surface area contributed by atoms with Crippen LogP contribution in [0.2, 0.25) is 0 Å². The molecule has 23 heavy (non-hydrogen) atoms. The standard InChI is InChI=1S/C17H21N3O3/c1-22-15-6-12-13(7-16(15)23-2)20-17(8-18-12)19-11-4-10-3-9(11)5-14(10)21/h6-11,14,21H,3-5H2,1-2H3,(H,19,20)/t9?,10-,11+,14+/m0/s1. The molecule has 2 fully saturated rings. The Labute approximate surface area is 134 Å². The molecular formula is C17H21N3O3. The van der Waals surface area contributed by atoms with Crippen molar-refractivity contribution in [1.29, 1.82) is 0 Å². The average molecular weight is 315 g/mol. The normalized spacial score (nSPS) is 29.0. The fourth-order valence-electron chi connectivity index (χ4n) is 4.02. The van der Waals surface area contributed by atoms with Gasteiger partial charge in [0.15, 0.2) is 11.5 Å². The van der Waals surface area contributed by atoms with E-state index in [0.717, 1.165) is 36.1 Å². The predicted molar refractivity (Wildman–Crippen MR) is 86.9 cm³/mol. The fourth-order valence-corrected chi connectivity index (χ4v) is 4.02.